The number of benzene rings is 1. The smallest absolute Gasteiger partial charge is 0.338 e. The molecule has 1 saturated heterocycles. The van der Waals surface area contributed by atoms with Gasteiger partial charge in [0, 0.05) is 0 Å². The highest BCUT2D eigenvalue weighted by atomic mass is 16.6. The van der Waals surface area contributed by atoms with Gasteiger partial charge < -0.3 is 9.47 Å². The molecule has 16 heavy (non-hydrogen) atoms. The van der Waals surface area contributed by atoms with Crippen molar-refractivity contribution in [2.24, 2.45) is 0 Å². The molecule has 1 aromatic carbocycles. The normalized spacial score (nSPS) is 27.5. The van der Waals surface area contributed by atoms with Crippen molar-refractivity contribution in [1.29, 1.82) is 0 Å². The lowest BCUT2D eigenvalue weighted by molar-refractivity contribution is 0.0411. The molecule has 0 saturated carbocycles. The molecule has 1 aliphatic heterocycles. The number of carbonyl (C=O) groups is 1. The minimum absolute atomic E-state index is 0.232. The predicted molar refractivity (Wildman–Crippen MR) is 60.3 cm³/mol. The van der Waals surface area contributed by atoms with Gasteiger partial charge in [-0.15, -0.1) is 0 Å². The summed E-state index contributed by atoms with van der Waals surface area (Å²) in [4.78, 5) is 11.6. The molecule has 3 nitrogen and oxygen atoms in total. The lowest BCUT2D eigenvalue weighted by Gasteiger charge is -2.07. The van der Waals surface area contributed by atoms with Crippen molar-refractivity contribution >= 4 is 5.97 Å². The number of hydrogen-bond donors (Lipinski definition) is 0. The van der Waals surface area contributed by atoms with Crippen molar-refractivity contribution in [3.05, 3.63) is 35.9 Å². The summed E-state index contributed by atoms with van der Waals surface area (Å²) in [5.41, 5.74) is 0.318. The summed E-state index contributed by atoms with van der Waals surface area (Å²) in [6, 6.07) is 9.00. The van der Waals surface area contributed by atoms with E-state index in [0.29, 0.717) is 12.2 Å². The topological polar surface area (TPSA) is 38.8 Å². The van der Waals surface area contributed by atoms with Crippen LogP contribution in [0.3, 0.4) is 0 Å². The van der Waals surface area contributed by atoms with Crippen LogP contribution in [0.25, 0.3) is 0 Å². The molecule has 86 valence electrons. The van der Waals surface area contributed by atoms with E-state index >= 15 is 0 Å². The number of esters is 1. The lowest BCUT2D eigenvalue weighted by atomic mass is 10.1. The van der Waals surface area contributed by atoms with E-state index in [0.717, 1.165) is 6.42 Å². The first-order chi connectivity index (χ1) is 7.65. The van der Waals surface area contributed by atoms with E-state index in [1.807, 2.05) is 25.1 Å². The summed E-state index contributed by atoms with van der Waals surface area (Å²) in [5, 5.41) is 0. The molecule has 0 aliphatic carbocycles. The standard InChI is InChI=1S/C13H16O3/c1-3-11-13(2,16-11)9-15-12(14)10-7-5-4-6-8-10/h4-8,11H,3,9H2,1-2H3/t11-,13?/m1/s1. The van der Waals surface area contributed by atoms with Gasteiger partial charge in [0.1, 0.15) is 12.2 Å². The molecule has 0 radical (unpaired) electrons. The highest BCUT2D eigenvalue weighted by Crippen LogP contribution is 2.38. The molecule has 2 atom stereocenters. The van der Waals surface area contributed by atoms with Crippen LogP contribution in [0.5, 0.6) is 0 Å². The molecule has 1 fully saturated rings. The van der Waals surface area contributed by atoms with E-state index in [4.69, 9.17) is 9.47 Å². The van der Waals surface area contributed by atoms with Gasteiger partial charge in [0.2, 0.25) is 0 Å². The Morgan fingerprint density at radius 3 is 2.69 bits per heavy atom. The predicted octanol–water partition coefficient (Wildman–Crippen LogP) is 2.41. The molecule has 1 aliphatic rings. The Morgan fingerprint density at radius 1 is 1.44 bits per heavy atom. The van der Waals surface area contributed by atoms with E-state index in [-0.39, 0.29) is 17.7 Å². The Morgan fingerprint density at radius 2 is 2.12 bits per heavy atom. The van der Waals surface area contributed by atoms with Gasteiger partial charge in [-0.1, -0.05) is 25.1 Å². The Labute approximate surface area is 95.4 Å². The maximum atomic E-state index is 11.6. The minimum Gasteiger partial charge on any atom is -0.459 e. The zero-order valence-electron chi connectivity index (χ0n) is 9.60. The molecule has 0 bridgehead atoms. The van der Waals surface area contributed by atoms with Gasteiger partial charge >= 0.3 is 5.97 Å². The van der Waals surface area contributed by atoms with Crippen molar-refractivity contribution in [2.45, 2.75) is 32.0 Å². The molecular weight excluding hydrogens is 204 g/mol. The molecule has 0 aromatic heterocycles. The van der Waals surface area contributed by atoms with Crippen LogP contribution in [0, 0.1) is 0 Å². The van der Waals surface area contributed by atoms with Gasteiger partial charge in [0.25, 0.3) is 0 Å². The van der Waals surface area contributed by atoms with E-state index in [1.165, 1.54) is 0 Å². The van der Waals surface area contributed by atoms with Crippen molar-refractivity contribution in [3.63, 3.8) is 0 Å². The van der Waals surface area contributed by atoms with Gasteiger partial charge in [0.05, 0.1) is 11.7 Å². The van der Waals surface area contributed by atoms with Gasteiger partial charge in [-0.2, -0.15) is 0 Å². The molecule has 0 amide bonds. The maximum absolute atomic E-state index is 11.6. The average Bonchev–Trinajstić information content (AvgIpc) is 2.99. The van der Waals surface area contributed by atoms with Gasteiger partial charge in [-0.25, -0.2) is 4.79 Å². The van der Waals surface area contributed by atoms with E-state index in [2.05, 4.69) is 6.92 Å². The third kappa shape index (κ3) is 2.25. The van der Waals surface area contributed by atoms with Crippen LogP contribution in [-0.4, -0.2) is 24.3 Å². The van der Waals surface area contributed by atoms with E-state index < -0.39 is 0 Å². The largest absolute Gasteiger partial charge is 0.459 e. The molecule has 1 unspecified atom stereocenters. The van der Waals surface area contributed by atoms with Crippen LogP contribution in [0.2, 0.25) is 0 Å². The van der Waals surface area contributed by atoms with E-state index in [1.54, 1.807) is 12.1 Å². The van der Waals surface area contributed by atoms with Crippen LogP contribution >= 0.6 is 0 Å². The highest BCUT2D eigenvalue weighted by molar-refractivity contribution is 5.89. The Hall–Kier alpha value is -1.35. The number of hydrogen-bond acceptors (Lipinski definition) is 3. The molecule has 0 spiro atoms. The summed E-state index contributed by atoms with van der Waals surface area (Å²) >= 11 is 0. The maximum Gasteiger partial charge on any atom is 0.338 e. The van der Waals surface area contributed by atoms with Crippen molar-refractivity contribution in [2.75, 3.05) is 6.61 Å². The van der Waals surface area contributed by atoms with Gasteiger partial charge in [-0.05, 0) is 25.5 Å². The SMILES string of the molecule is CC[C@H]1OC1(C)COC(=O)c1ccccc1. The third-order valence-electron chi connectivity index (χ3n) is 2.91. The van der Waals surface area contributed by atoms with Gasteiger partial charge in [-0.3, -0.25) is 0 Å². The Bertz CT molecular complexity index is 374. The second-order valence-corrected chi connectivity index (χ2v) is 4.27. The summed E-state index contributed by atoms with van der Waals surface area (Å²) < 4.78 is 10.7. The number of rotatable bonds is 4. The second-order valence-electron chi connectivity index (χ2n) is 4.27. The molecule has 2 rings (SSSR count). The summed E-state index contributed by atoms with van der Waals surface area (Å²) in [6.07, 6.45) is 1.19. The molecule has 1 aromatic rings. The second kappa shape index (κ2) is 4.26. The summed E-state index contributed by atoms with van der Waals surface area (Å²) in [5.74, 6) is -0.285. The third-order valence-corrected chi connectivity index (χ3v) is 2.91. The zero-order chi connectivity index (χ0) is 11.6. The van der Waals surface area contributed by atoms with Crippen LogP contribution in [0.4, 0.5) is 0 Å². The monoisotopic (exact) mass is 220 g/mol. The minimum atomic E-state index is -0.285. The summed E-state index contributed by atoms with van der Waals surface area (Å²) in [7, 11) is 0. The van der Waals surface area contributed by atoms with Crippen LogP contribution in [0.1, 0.15) is 30.6 Å². The fraction of sp³-hybridized carbons (Fsp3) is 0.462. The quantitative estimate of drug-likeness (QED) is 0.577. The molecule has 0 N–H and O–H groups in total. The lowest BCUT2D eigenvalue weighted by Crippen LogP contribution is -2.21. The highest BCUT2D eigenvalue weighted by Gasteiger charge is 2.51. The first-order valence-corrected chi connectivity index (χ1v) is 5.56. The number of ether oxygens (including phenoxy) is 2. The fourth-order valence-electron chi connectivity index (χ4n) is 1.80. The van der Waals surface area contributed by atoms with E-state index in [9.17, 15) is 4.79 Å². The molecule has 1 heterocycles. The summed E-state index contributed by atoms with van der Waals surface area (Å²) in [6.45, 7) is 4.37. The molecular formula is C13H16O3. The average molecular weight is 220 g/mol. The first-order valence-electron chi connectivity index (χ1n) is 5.56. The van der Waals surface area contributed by atoms with Crippen LogP contribution in [0.15, 0.2) is 30.3 Å². The van der Waals surface area contributed by atoms with Crippen molar-refractivity contribution < 1.29 is 14.3 Å². The number of carbonyl (C=O) groups excluding carboxylic acids is 1. The number of epoxide rings is 1. The van der Waals surface area contributed by atoms with Crippen molar-refractivity contribution in [1.82, 2.24) is 0 Å². The fourth-order valence-corrected chi connectivity index (χ4v) is 1.80. The van der Waals surface area contributed by atoms with Crippen molar-refractivity contribution in [3.8, 4) is 0 Å². The molecule has 3 heteroatoms. The Kier molecular flexibility index (Phi) is 2.97. The first kappa shape index (κ1) is 11.1. The Balaban J connectivity index is 1.86. The zero-order valence-corrected chi connectivity index (χ0v) is 9.60. The van der Waals surface area contributed by atoms with Crippen LogP contribution < -0.4 is 0 Å². The van der Waals surface area contributed by atoms with Crippen LogP contribution in [-0.2, 0) is 9.47 Å². The van der Waals surface area contributed by atoms with Gasteiger partial charge in [0.15, 0.2) is 0 Å².